The predicted octanol–water partition coefficient (Wildman–Crippen LogP) is 3.19. The molecule has 0 saturated carbocycles. The summed E-state index contributed by atoms with van der Waals surface area (Å²) in [6.07, 6.45) is 2.99. The van der Waals surface area contributed by atoms with Gasteiger partial charge in [0.1, 0.15) is 5.01 Å². The summed E-state index contributed by atoms with van der Waals surface area (Å²) >= 11 is 1.36. The van der Waals surface area contributed by atoms with E-state index in [2.05, 4.69) is 21.6 Å². The second kappa shape index (κ2) is 6.77. The number of nitrogens with zero attached hydrogens (tertiary/aromatic N) is 3. The number of benzene rings is 1. The van der Waals surface area contributed by atoms with Crippen LogP contribution in [0.4, 0.5) is 5.13 Å². The van der Waals surface area contributed by atoms with E-state index in [4.69, 9.17) is 5.26 Å². The Kier molecular flexibility index (Phi) is 4.80. The standard InChI is InChI=1S/C15H14N4OS/c1-10(2)14-18-19-15(21-14)17-13(20)8-7-11-5-3-4-6-12(11)9-16/h3-8,10H,1-2H3,(H,17,19,20). The van der Waals surface area contributed by atoms with Gasteiger partial charge in [-0.25, -0.2) is 0 Å². The van der Waals surface area contributed by atoms with Gasteiger partial charge in [0.25, 0.3) is 0 Å². The van der Waals surface area contributed by atoms with E-state index in [1.165, 1.54) is 17.4 Å². The number of anilines is 1. The van der Waals surface area contributed by atoms with Crippen molar-refractivity contribution in [3.05, 3.63) is 46.5 Å². The minimum Gasteiger partial charge on any atom is -0.297 e. The number of nitrogens with one attached hydrogen (secondary N) is 1. The number of carbonyl (C=O) groups is 1. The van der Waals surface area contributed by atoms with Crippen LogP contribution in [-0.4, -0.2) is 16.1 Å². The number of amides is 1. The summed E-state index contributed by atoms with van der Waals surface area (Å²) in [6.45, 7) is 4.04. The minimum absolute atomic E-state index is 0.284. The van der Waals surface area contributed by atoms with Crippen molar-refractivity contribution in [1.82, 2.24) is 10.2 Å². The predicted molar refractivity (Wildman–Crippen MR) is 82.8 cm³/mol. The number of nitriles is 1. The third-order valence-corrected chi connectivity index (χ3v) is 3.80. The zero-order valence-electron chi connectivity index (χ0n) is 11.7. The van der Waals surface area contributed by atoms with Gasteiger partial charge in [-0.15, -0.1) is 10.2 Å². The summed E-state index contributed by atoms with van der Waals surface area (Å²) in [5.41, 5.74) is 1.23. The van der Waals surface area contributed by atoms with Crippen LogP contribution in [0, 0.1) is 11.3 Å². The van der Waals surface area contributed by atoms with Gasteiger partial charge >= 0.3 is 0 Å². The summed E-state index contributed by atoms with van der Waals surface area (Å²) in [6, 6.07) is 9.17. The Hall–Kier alpha value is -2.52. The van der Waals surface area contributed by atoms with Gasteiger partial charge in [-0.05, 0) is 17.7 Å². The molecule has 0 spiro atoms. The van der Waals surface area contributed by atoms with E-state index in [0.29, 0.717) is 16.3 Å². The Labute approximate surface area is 127 Å². The molecular weight excluding hydrogens is 284 g/mol. The van der Waals surface area contributed by atoms with Crippen molar-refractivity contribution in [1.29, 1.82) is 5.26 Å². The number of hydrogen-bond donors (Lipinski definition) is 1. The van der Waals surface area contributed by atoms with Crippen molar-refractivity contribution in [3.63, 3.8) is 0 Å². The third-order valence-electron chi connectivity index (χ3n) is 2.66. The molecule has 1 aromatic carbocycles. The zero-order chi connectivity index (χ0) is 15.2. The second-order valence-corrected chi connectivity index (χ2v) is 5.63. The molecule has 5 nitrogen and oxygen atoms in total. The van der Waals surface area contributed by atoms with E-state index in [1.54, 1.807) is 24.3 Å². The van der Waals surface area contributed by atoms with Crippen molar-refractivity contribution < 1.29 is 4.79 Å². The van der Waals surface area contributed by atoms with Gasteiger partial charge in [0.2, 0.25) is 11.0 Å². The fourth-order valence-electron chi connectivity index (χ4n) is 1.58. The van der Waals surface area contributed by atoms with Crippen LogP contribution in [0.15, 0.2) is 30.3 Å². The maximum atomic E-state index is 11.8. The smallest absolute Gasteiger partial charge is 0.250 e. The second-order valence-electron chi connectivity index (χ2n) is 4.62. The average molecular weight is 298 g/mol. The molecule has 2 rings (SSSR count). The molecule has 0 fully saturated rings. The SMILES string of the molecule is CC(C)c1nnc(NC(=O)C=Cc2ccccc2C#N)s1. The molecule has 0 unspecified atom stereocenters. The lowest BCUT2D eigenvalue weighted by Gasteiger charge is -1.97. The fraction of sp³-hybridized carbons (Fsp3) is 0.200. The topological polar surface area (TPSA) is 78.7 Å². The van der Waals surface area contributed by atoms with Crippen LogP contribution in [0.2, 0.25) is 0 Å². The molecular formula is C15H14N4OS. The van der Waals surface area contributed by atoms with Crippen molar-refractivity contribution in [2.24, 2.45) is 0 Å². The monoisotopic (exact) mass is 298 g/mol. The molecule has 21 heavy (non-hydrogen) atoms. The molecule has 1 heterocycles. The van der Waals surface area contributed by atoms with Crippen molar-refractivity contribution >= 4 is 28.5 Å². The highest BCUT2D eigenvalue weighted by atomic mass is 32.1. The van der Waals surface area contributed by atoms with Crippen LogP contribution in [-0.2, 0) is 4.79 Å². The quantitative estimate of drug-likeness (QED) is 0.879. The van der Waals surface area contributed by atoms with Crippen LogP contribution in [0.1, 0.15) is 35.9 Å². The molecule has 0 aliphatic heterocycles. The van der Waals surface area contributed by atoms with Gasteiger partial charge in [0.15, 0.2) is 0 Å². The van der Waals surface area contributed by atoms with Gasteiger partial charge in [0.05, 0.1) is 11.6 Å². The Morgan fingerprint density at radius 1 is 1.38 bits per heavy atom. The van der Waals surface area contributed by atoms with Crippen molar-refractivity contribution in [2.45, 2.75) is 19.8 Å². The fourth-order valence-corrected chi connectivity index (χ4v) is 2.32. The van der Waals surface area contributed by atoms with E-state index in [1.807, 2.05) is 19.9 Å². The van der Waals surface area contributed by atoms with Gasteiger partial charge < -0.3 is 0 Å². The summed E-state index contributed by atoms with van der Waals surface area (Å²) in [5, 5.41) is 20.9. The summed E-state index contributed by atoms with van der Waals surface area (Å²) in [4.78, 5) is 11.8. The first-order valence-corrected chi connectivity index (χ1v) is 7.23. The van der Waals surface area contributed by atoms with Gasteiger partial charge in [-0.3, -0.25) is 10.1 Å². The first-order chi connectivity index (χ1) is 10.1. The molecule has 0 saturated heterocycles. The van der Waals surface area contributed by atoms with Crippen LogP contribution >= 0.6 is 11.3 Å². The minimum atomic E-state index is -0.297. The molecule has 0 aliphatic carbocycles. The molecule has 0 bridgehead atoms. The van der Waals surface area contributed by atoms with Gasteiger partial charge in [0, 0.05) is 12.0 Å². The number of aromatic nitrogens is 2. The maximum absolute atomic E-state index is 11.8. The highest BCUT2D eigenvalue weighted by molar-refractivity contribution is 7.15. The molecule has 6 heteroatoms. The Morgan fingerprint density at radius 2 is 2.14 bits per heavy atom. The van der Waals surface area contributed by atoms with E-state index >= 15 is 0 Å². The van der Waals surface area contributed by atoms with Gasteiger partial charge in [-0.2, -0.15) is 5.26 Å². The Balaban J connectivity index is 2.04. The van der Waals surface area contributed by atoms with Crippen LogP contribution in [0.3, 0.4) is 0 Å². The van der Waals surface area contributed by atoms with E-state index < -0.39 is 0 Å². The summed E-state index contributed by atoms with van der Waals surface area (Å²) < 4.78 is 0. The number of carbonyl (C=O) groups excluding carboxylic acids is 1. The van der Waals surface area contributed by atoms with E-state index in [9.17, 15) is 4.79 Å². The molecule has 2 aromatic rings. The van der Waals surface area contributed by atoms with Crippen LogP contribution < -0.4 is 5.32 Å². The van der Waals surface area contributed by atoms with E-state index in [0.717, 1.165) is 5.01 Å². The first-order valence-electron chi connectivity index (χ1n) is 6.41. The molecule has 1 aromatic heterocycles. The lowest BCUT2D eigenvalue weighted by molar-refractivity contribution is -0.111. The Morgan fingerprint density at radius 3 is 2.81 bits per heavy atom. The normalized spacial score (nSPS) is 10.8. The van der Waals surface area contributed by atoms with E-state index in [-0.39, 0.29) is 11.8 Å². The number of hydrogen-bond acceptors (Lipinski definition) is 5. The lowest BCUT2D eigenvalue weighted by Crippen LogP contribution is -2.07. The first kappa shape index (κ1) is 14.9. The van der Waals surface area contributed by atoms with Crippen molar-refractivity contribution in [3.8, 4) is 6.07 Å². The summed E-state index contributed by atoms with van der Waals surface area (Å²) in [7, 11) is 0. The Bertz CT molecular complexity index is 712. The van der Waals surface area contributed by atoms with Crippen molar-refractivity contribution in [2.75, 3.05) is 5.32 Å². The third kappa shape index (κ3) is 3.97. The summed E-state index contributed by atoms with van der Waals surface area (Å²) in [5.74, 6) is -0.0135. The zero-order valence-corrected chi connectivity index (χ0v) is 12.5. The van der Waals surface area contributed by atoms with Crippen LogP contribution in [0.5, 0.6) is 0 Å². The molecule has 0 aliphatic rings. The highest BCUT2D eigenvalue weighted by Gasteiger charge is 2.09. The molecule has 1 amide bonds. The lowest BCUT2D eigenvalue weighted by atomic mass is 10.1. The number of rotatable bonds is 4. The van der Waals surface area contributed by atoms with Gasteiger partial charge in [-0.1, -0.05) is 43.4 Å². The maximum Gasteiger partial charge on any atom is 0.250 e. The highest BCUT2D eigenvalue weighted by Crippen LogP contribution is 2.22. The van der Waals surface area contributed by atoms with Crippen LogP contribution in [0.25, 0.3) is 6.08 Å². The molecule has 1 N–H and O–H groups in total. The molecule has 0 atom stereocenters. The average Bonchev–Trinajstić information content (AvgIpc) is 2.94. The largest absolute Gasteiger partial charge is 0.297 e. The molecule has 106 valence electrons. The molecule has 0 radical (unpaired) electrons.